The number of guanidine groups is 1. The zero-order chi connectivity index (χ0) is 21.3. The minimum absolute atomic E-state index is 0. The molecular formula is C24H31IN4O2. The summed E-state index contributed by atoms with van der Waals surface area (Å²) in [4.78, 5) is 9.08. The Morgan fingerprint density at radius 1 is 1.06 bits per heavy atom. The molecule has 1 atom stereocenters. The zero-order valence-corrected chi connectivity index (χ0v) is 20.5. The number of rotatable bonds is 8. The van der Waals surface area contributed by atoms with Crippen LogP contribution in [0.2, 0.25) is 0 Å². The number of ether oxygens (including phenoxy) is 1. The first-order valence-electron chi connectivity index (χ1n) is 10.4. The SMILES string of the molecule is CCNC(=NCc1ccnc2ccccc12)NCC(O)c1ccc(OC(C)C)cc1.I. The molecule has 0 saturated heterocycles. The largest absolute Gasteiger partial charge is 0.491 e. The summed E-state index contributed by atoms with van der Waals surface area (Å²) in [6.45, 7) is 7.61. The van der Waals surface area contributed by atoms with E-state index in [4.69, 9.17) is 4.74 Å². The molecule has 3 N–H and O–H groups in total. The van der Waals surface area contributed by atoms with E-state index in [0.717, 1.165) is 34.3 Å². The molecule has 6 nitrogen and oxygen atoms in total. The summed E-state index contributed by atoms with van der Waals surface area (Å²) < 4.78 is 5.65. The minimum Gasteiger partial charge on any atom is -0.491 e. The number of fused-ring (bicyclic) bond motifs is 1. The lowest BCUT2D eigenvalue weighted by Crippen LogP contribution is -2.39. The van der Waals surface area contributed by atoms with Gasteiger partial charge in [-0.05, 0) is 56.2 Å². The molecule has 0 saturated carbocycles. The van der Waals surface area contributed by atoms with Crippen LogP contribution in [0.1, 0.15) is 38.0 Å². The quantitative estimate of drug-likeness (QED) is 0.227. The summed E-state index contributed by atoms with van der Waals surface area (Å²) in [7, 11) is 0. The molecule has 1 heterocycles. The summed E-state index contributed by atoms with van der Waals surface area (Å²) in [5.74, 6) is 1.46. The van der Waals surface area contributed by atoms with Gasteiger partial charge in [-0.25, -0.2) is 4.99 Å². The molecule has 0 aliphatic carbocycles. The molecule has 3 aromatic rings. The molecule has 3 rings (SSSR count). The number of hydrogen-bond acceptors (Lipinski definition) is 4. The van der Waals surface area contributed by atoms with E-state index >= 15 is 0 Å². The van der Waals surface area contributed by atoms with Crippen molar-refractivity contribution in [1.82, 2.24) is 15.6 Å². The van der Waals surface area contributed by atoms with E-state index in [1.807, 2.05) is 75.5 Å². The number of para-hydroxylation sites is 1. The maximum atomic E-state index is 10.5. The number of pyridine rings is 1. The van der Waals surface area contributed by atoms with Crippen LogP contribution in [-0.4, -0.2) is 35.2 Å². The number of nitrogens with zero attached hydrogens (tertiary/aromatic N) is 2. The molecule has 0 fully saturated rings. The van der Waals surface area contributed by atoms with Gasteiger partial charge in [0.05, 0.1) is 24.3 Å². The number of aliphatic imine (C=N–C) groups is 1. The predicted octanol–water partition coefficient (Wildman–Crippen LogP) is 4.43. The van der Waals surface area contributed by atoms with E-state index in [2.05, 4.69) is 26.7 Å². The third kappa shape index (κ3) is 7.36. The first-order chi connectivity index (χ1) is 14.6. The molecule has 7 heteroatoms. The fraction of sp³-hybridized carbons (Fsp3) is 0.333. The maximum Gasteiger partial charge on any atom is 0.191 e. The molecule has 0 spiro atoms. The molecule has 0 aliphatic heterocycles. The third-order valence-corrected chi connectivity index (χ3v) is 4.59. The number of nitrogens with one attached hydrogen (secondary N) is 2. The van der Waals surface area contributed by atoms with Crippen molar-refractivity contribution in [1.29, 1.82) is 0 Å². The fourth-order valence-corrected chi connectivity index (χ4v) is 3.15. The Hall–Kier alpha value is -2.39. The average Bonchev–Trinajstić information content (AvgIpc) is 2.75. The monoisotopic (exact) mass is 534 g/mol. The standard InChI is InChI=1S/C24H30N4O2.HI/c1-4-25-24(27-15-19-13-14-26-22-8-6-5-7-21(19)22)28-16-23(29)18-9-11-20(12-10-18)30-17(2)3;/h5-14,17,23,29H,4,15-16H2,1-3H3,(H2,25,27,28);1H. The number of halogens is 1. The second kappa shape index (κ2) is 12.5. The topological polar surface area (TPSA) is 78.8 Å². The number of aliphatic hydroxyl groups is 1. The van der Waals surface area contributed by atoms with Gasteiger partial charge in [0.1, 0.15) is 5.75 Å². The smallest absolute Gasteiger partial charge is 0.191 e. The summed E-state index contributed by atoms with van der Waals surface area (Å²) in [5, 5.41) is 18.1. The first kappa shape index (κ1) is 24.9. The summed E-state index contributed by atoms with van der Waals surface area (Å²) in [6.07, 6.45) is 1.28. The molecule has 0 amide bonds. The van der Waals surface area contributed by atoms with Crippen LogP contribution in [0.5, 0.6) is 5.75 Å². The number of aliphatic hydroxyl groups excluding tert-OH is 1. The van der Waals surface area contributed by atoms with Gasteiger partial charge in [0, 0.05) is 24.7 Å². The van der Waals surface area contributed by atoms with Gasteiger partial charge < -0.3 is 20.5 Å². The molecule has 0 bridgehead atoms. The Morgan fingerprint density at radius 3 is 2.52 bits per heavy atom. The van der Waals surface area contributed by atoms with Crippen LogP contribution in [-0.2, 0) is 6.54 Å². The Kier molecular flexibility index (Phi) is 10.00. The molecule has 0 aliphatic rings. The van der Waals surface area contributed by atoms with E-state index in [-0.39, 0.29) is 30.1 Å². The second-order valence-corrected chi connectivity index (χ2v) is 7.31. The van der Waals surface area contributed by atoms with Gasteiger partial charge >= 0.3 is 0 Å². The van der Waals surface area contributed by atoms with Crippen LogP contribution in [0.25, 0.3) is 10.9 Å². The van der Waals surface area contributed by atoms with Crippen molar-refractivity contribution in [3.8, 4) is 5.75 Å². The van der Waals surface area contributed by atoms with Crippen molar-refractivity contribution in [2.24, 2.45) is 4.99 Å². The van der Waals surface area contributed by atoms with Crippen LogP contribution >= 0.6 is 24.0 Å². The van der Waals surface area contributed by atoms with Gasteiger partial charge in [0.25, 0.3) is 0 Å². The summed E-state index contributed by atoms with van der Waals surface area (Å²) in [5.41, 5.74) is 2.90. The first-order valence-corrected chi connectivity index (χ1v) is 10.4. The minimum atomic E-state index is -0.649. The molecule has 1 aromatic heterocycles. The molecule has 2 aromatic carbocycles. The highest BCUT2D eigenvalue weighted by atomic mass is 127. The van der Waals surface area contributed by atoms with Crippen molar-refractivity contribution >= 4 is 40.8 Å². The highest BCUT2D eigenvalue weighted by Crippen LogP contribution is 2.19. The summed E-state index contributed by atoms with van der Waals surface area (Å²) >= 11 is 0. The molecule has 1 unspecified atom stereocenters. The number of aromatic nitrogens is 1. The van der Waals surface area contributed by atoms with E-state index in [9.17, 15) is 5.11 Å². The lowest BCUT2D eigenvalue weighted by Gasteiger charge is -2.16. The van der Waals surface area contributed by atoms with Crippen molar-refractivity contribution in [3.05, 3.63) is 71.9 Å². The van der Waals surface area contributed by atoms with Crippen molar-refractivity contribution in [3.63, 3.8) is 0 Å². The van der Waals surface area contributed by atoms with Crippen LogP contribution in [0.3, 0.4) is 0 Å². The van der Waals surface area contributed by atoms with E-state index < -0.39 is 6.10 Å². The highest BCUT2D eigenvalue weighted by molar-refractivity contribution is 14.0. The van der Waals surface area contributed by atoms with Gasteiger partial charge in [-0.15, -0.1) is 24.0 Å². The van der Waals surface area contributed by atoms with Crippen LogP contribution in [0.15, 0.2) is 65.8 Å². The molecular weight excluding hydrogens is 503 g/mol. The van der Waals surface area contributed by atoms with Crippen LogP contribution in [0, 0.1) is 0 Å². The van der Waals surface area contributed by atoms with Crippen LogP contribution in [0.4, 0.5) is 0 Å². The Labute approximate surface area is 201 Å². The highest BCUT2D eigenvalue weighted by Gasteiger charge is 2.09. The normalized spacial score (nSPS) is 12.4. The van der Waals surface area contributed by atoms with Gasteiger partial charge in [-0.3, -0.25) is 4.98 Å². The lowest BCUT2D eigenvalue weighted by molar-refractivity contribution is 0.180. The molecule has 0 radical (unpaired) electrons. The molecule has 31 heavy (non-hydrogen) atoms. The van der Waals surface area contributed by atoms with Gasteiger partial charge in [-0.2, -0.15) is 0 Å². The number of hydrogen-bond donors (Lipinski definition) is 3. The second-order valence-electron chi connectivity index (χ2n) is 7.31. The van der Waals surface area contributed by atoms with E-state index in [0.29, 0.717) is 19.0 Å². The fourth-order valence-electron chi connectivity index (χ4n) is 3.15. The Balaban J connectivity index is 0.00000341. The van der Waals surface area contributed by atoms with Crippen molar-refractivity contribution in [2.45, 2.75) is 39.5 Å². The van der Waals surface area contributed by atoms with E-state index in [1.165, 1.54) is 0 Å². The van der Waals surface area contributed by atoms with E-state index in [1.54, 1.807) is 0 Å². The summed E-state index contributed by atoms with van der Waals surface area (Å²) in [6, 6.07) is 17.6. The lowest BCUT2D eigenvalue weighted by atomic mass is 10.1. The van der Waals surface area contributed by atoms with Crippen LogP contribution < -0.4 is 15.4 Å². The van der Waals surface area contributed by atoms with Gasteiger partial charge in [0.15, 0.2) is 5.96 Å². The van der Waals surface area contributed by atoms with Crippen molar-refractivity contribution in [2.75, 3.05) is 13.1 Å². The molecule has 166 valence electrons. The van der Waals surface area contributed by atoms with Gasteiger partial charge in [-0.1, -0.05) is 30.3 Å². The third-order valence-electron chi connectivity index (χ3n) is 4.59. The Morgan fingerprint density at radius 2 is 1.81 bits per heavy atom. The Bertz CT molecular complexity index is 971. The number of benzene rings is 2. The average molecular weight is 534 g/mol. The predicted molar refractivity (Wildman–Crippen MR) is 137 cm³/mol. The zero-order valence-electron chi connectivity index (χ0n) is 18.2. The maximum absolute atomic E-state index is 10.5. The van der Waals surface area contributed by atoms with Gasteiger partial charge in [0.2, 0.25) is 0 Å². The van der Waals surface area contributed by atoms with Crippen molar-refractivity contribution < 1.29 is 9.84 Å².